The van der Waals surface area contributed by atoms with Crippen molar-refractivity contribution in [3.63, 3.8) is 0 Å². The first-order chi connectivity index (χ1) is 6.66. The van der Waals surface area contributed by atoms with Gasteiger partial charge in [0, 0.05) is 6.04 Å². The SMILES string of the molecule is NC(Cc1cc(F)ccc1O)C1CC1. The minimum Gasteiger partial charge on any atom is -0.508 e. The maximum Gasteiger partial charge on any atom is 0.123 e. The van der Waals surface area contributed by atoms with Crippen molar-refractivity contribution in [2.75, 3.05) is 0 Å². The topological polar surface area (TPSA) is 46.2 Å². The minimum absolute atomic E-state index is 0.0581. The van der Waals surface area contributed by atoms with Crippen LogP contribution in [0.3, 0.4) is 0 Å². The van der Waals surface area contributed by atoms with Gasteiger partial charge >= 0.3 is 0 Å². The van der Waals surface area contributed by atoms with Crippen molar-refractivity contribution in [3.05, 3.63) is 29.6 Å². The lowest BCUT2D eigenvalue weighted by Gasteiger charge is -2.11. The summed E-state index contributed by atoms with van der Waals surface area (Å²) >= 11 is 0. The summed E-state index contributed by atoms with van der Waals surface area (Å²) in [5, 5.41) is 9.46. The quantitative estimate of drug-likeness (QED) is 0.772. The minimum atomic E-state index is -0.319. The van der Waals surface area contributed by atoms with Gasteiger partial charge in [-0.25, -0.2) is 4.39 Å². The zero-order valence-electron chi connectivity index (χ0n) is 7.91. The van der Waals surface area contributed by atoms with Crippen LogP contribution in [0.5, 0.6) is 5.75 Å². The van der Waals surface area contributed by atoms with Crippen LogP contribution in [0, 0.1) is 11.7 Å². The summed E-state index contributed by atoms with van der Waals surface area (Å²) in [7, 11) is 0. The molecule has 0 aromatic heterocycles. The van der Waals surface area contributed by atoms with Crippen LogP contribution >= 0.6 is 0 Å². The van der Waals surface area contributed by atoms with Gasteiger partial charge in [0.05, 0.1) is 0 Å². The fraction of sp³-hybridized carbons (Fsp3) is 0.455. The van der Waals surface area contributed by atoms with Crippen molar-refractivity contribution in [1.29, 1.82) is 0 Å². The van der Waals surface area contributed by atoms with Crippen LogP contribution in [0.2, 0.25) is 0 Å². The molecule has 1 aromatic rings. The second kappa shape index (κ2) is 3.58. The van der Waals surface area contributed by atoms with Gasteiger partial charge in [-0.05, 0) is 48.9 Å². The van der Waals surface area contributed by atoms with Crippen molar-refractivity contribution in [1.82, 2.24) is 0 Å². The lowest BCUT2D eigenvalue weighted by atomic mass is 10.0. The van der Waals surface area contributed by atoms with E-state index in [9.17, 15) is 9.50 Å². The van der Waals surface area contributed by atoms with E-state index in [0.717, 1.165) is 12.8 Å². The van der Waals surface area contributed by atoms with Crippen molar-refractivity contribution in [2.24, 2.45) is 11.7 Å². The normalized spacial score (nSPS) is 18.1. The van der Waals surface area contributed by atoms with Crippen LogP contribution in [0.4, 0.5) is 4.39 Å². The zero-order valence-corrected chi connectivity index (χ0v) is 7.91. The van der Waals surface area contributed by atoms with E-state index in [1.54, 1.807) is 0 Å². The highest BCUT2D eigenvalue weighted by molar-refractivity contribution is 5.33. The predicted octanol–water partition coefficient (Wildman–Crippen LogP) is 1.81. The van der Waals surface area contributed by atoms with Crippen LogP contribution in [-0.4, -0.2) is 11.1 Å². The van der Waals surface area contributed by atoms with Gasteiger partial charge in [-0.1, -0.05) is 0 Å². The van der Waals surface area contributed by atoms with Crippen LogP contribution in [0.25, 0.3) is 0 Å². The number of rotatable bonds is 3. The molecule has 1 aliphatic carbocycles. The van der Waals surface area contributed by atoms with Gasteiger partial charge in [-0.2, -0.15) is 0 Å². The van der Waals surface area contributed by atoms with Gasteiger partial charge in [-0.15, -0.1) is 0 Å². The Morgan fingerprint density at radius 3 is 2.86 bits per heavy atom. The number of hydrogen-bond acceptors (Lipinski definition) is 2. The summed E-state index contributed by atoms with van der Waals surface area (Å²) in [4.78, 5) is 0. The van der Waals surface area contributed by atoms with Crippen LogP contribution in [-0.2, 0) is 6.42 Å². The first kappa shape index (κ1) is 9.46. The monoisotopic (exact) mass is 195 g/mol. The molecule has 1 saturated carbocycles. The fourth-order valence-corrected chi connectivity index (χ4v) is 1.66. The summed E-state index contributed by atoms with van der Waals surface area (Å²) in [5.74, 6) is 0.390. The summed E-state index contributed by atoms with van der Waals surface area (Å²) in [6, 6.07) is 4.05. The molecular weight excluding hydrogens is 181 g/mol. The number of phenols is 1. The van der Waals surface area contributed by atoms with E-state index in [0.29, 0.717) is 17.9 Å². The average Bonchev–Trinajstić information content (AvgIpc) is 2.94. The fourth-order valence-electron chi connectivity index (χ4n) is 1.66. The Hall–Kier alpha value is -1.09. The second-order valence-electron chi connectivity index (χ2n) is 3.98. The van der Waals surface area contributed by atoms with Gasteiger partial charge < -0.3 is 10.8 Å². The van der Waals surface area contributed by atoms with Gasteiger partial charge in [0.1, 0.15) is 11.6 Å². The number of hydrogen-bond donors (Lipinski definition) is 2. The Kier molecular flexibility index (Phi) is 2.42. The number of nitrogens with two attached hydrogens (primary N) is 1. The van der Waals surface area contributed by atoms with E-state index >= 15 is 0 Å². The van der Waals surface area contributed by atoms with E-state index < -0.39 is 0 Å². The van der Waals surface area contributed by atoms with Crippen molar-refractivity contribution >= 4 is 0 Å². The Balaban J connectivity index is 2.10. The first-order valence-electron chi connectivity index (χ1n) is 4.90. The van der Waals surface area contributed by atoms with Crippen LogP contribution in [0.15, 0.2) is 18.2 Å². The molecule has 3 heteroatoms. The molecule has 0 saturated heterocycles. The standard InChI is InChI=1S/C11H14FNO/c12-9-3-4-11(14)8(5-9)6-10(13)7-1-2-7/h3-5,7,10,14H,1-2,6,13H2. The number of benzene rings is 1. The van der Waals surface area contributed by atoms with E-state index in [1.807, 2.05) is 0 Å². The number of halogens is 1. The summed E-state index contributed by atoms with van der Waals surface area (Å²) in [5.41, 5.74) is 6.51. The number of phenolic OH excluding ortho intramolecular Hbond substituents is 1. The Morgan fingerprint density at radius 1 is 1.50 bits per heavy atom. The molecule has 0 amide bonds. The third kappa shape index (κ3) is 2.04. The molecule has 0 heterocycles. The van der Waals surface area contributed by atoms with Gasteiger partial charge in [0.15, 0.2) is 0 Å². The van der Waals surface area contributed by atoms with E-state index in [-0.39, 0.29) is 17.6 Å². The predicted molar refractivity (Wildman–Crippen MR) is 52.5 cm³/mol. The van der Waals surface area contributed by atoms with E-state index in [4.69, 9.17) is 5.73 Å². The van der Waals surface area contributed by atoms with Crippen molar-refractivity contribution in [2.45, 2.75) is 25.3 Å². The second-order valence-corrected chi connectivity index (χ2v) is 3.98. The highest BCUT2D eigenvalue weighted by atomic mass is 19.1. The molecule has 0 aliphatic heterocycles. The third-order valence-electron chi connectivity index (χ3n) is 2.72. The lowest BCUT2D eigenvalue weighted by molar-refractivity contribution is 0.458. The summed E-state index contributed by atoms with van der Waals surface area (Å²) < 4.78 is 12.9. The van der Waals surface area contributed by atoms with Crippen LogP contribution in [0.1, 0.15) is 18.4 Å². The van der Waals surface area contributed by atoms with Gasteiger partial charge in [0.25, 0.3) is 0 Å². The molecule has 1 atom stereocenters. The molecule has 1 unspecified atom stereocenters. The highest BCUT2D eigenvalue weighted by Gasteiger charge is 2.28. The highest BCUT2D eigenvalue weighted by Crippen LogP contribution is 2.34. The Labute approximate surface area is 82.5 Å². The molecule has 0 bridgehead atoms. The summed E-state index contributed by atoms with van der Waals surface area (Å²) in [6.45, 7) is 0. The smallest absolute Gasteiger partial charge is 0.123 e. The van der Waals surface area contributed by atoms with Crippen molar-refractivity contribution < 1.29 is 9.50 Å². The zero-order chi connectivity index (χ0) is 10.1. The summed E-state index contributed by atoms with van der Waals surface area (Å²) in [6.07, 6.45) is 2.89. The molecule has 0 radical (unpaired) electrons. The molecule has 2 nitrogen and oxygen atoms in total. The lowest BCUT2D eigenvalue weighted by Crippen LogP contribution is -2.25. The van der Waals surface area contributed by atoms with Crippen molar-refractivity contribution in [3.8, 4) is 5.75 Å². The third-order valence-corrected chi connectivity index (χ3v) is 2.72. The van der Waals surface area contributed by atoms with Gasteiger partial charge in [0.2, 0.25) is 0 Å². The maximum absolute atomic E-state index is 12.9. The molecule has 3 N–H and O–H groups in total. The Bertz CT molecular complexity index is 336. The molecule has 76 valence electrons. The molecular formula is C11H14FNO. The first-order valence-corrected chi connectivity index (χ1v) is 4.90. The van der Waals surface area contributed by atoms with E-state index in [1.165, 1.54) is 18.2 Å². The largest absolute Gasteiger partial charge is 0.508 e. The molecule has 0 spiro atoms. The van der Waals surface area contributed by atoms with Gasteiger partial charge in [-0.3, -0.25) is 0 Å². The molecule has 1 aromatic carbocycles. The molecule has 1 fully saturated rings. The maximum atomic E-state index is 12.9. The van der Waals surface area contributed by atoms with E-state index in [2.05, 4.69) is 0 Å². The average molecular weight is 195 g/mol. The molecule has 14 heavy (non-hydrogen) atoms. The Morgan fingerprint density at radius 2 is 2.21 bits per heavy atom. The molecule has 1 aliphatic rings. The van der Waals surface area contributed by atoms with Crippen LogP contribution < -0.4 is 5.73 Å². The molecule has 2 rings (SSSR count). The number of aromatic hydroxyl groups is 1.